The average Bonchev–Trinajstić information content (AvgIpc) is 2.37. The molecule has 0 saturated heterocycles. The van der Waals surface area contributed by atoms with Crippen LogP contribution in [0, 0.1) is 6.92 Å². The standard InChI is InChI=1S/C16H16O/c1-13-6-5-9-15(12-13)16(17)11-10-14-7-3-2-4-8-14/h2-12,16-17H,1H3/b11-10-. The van der Waals surface area contributed by atoms with Crippen LogP contribution in [0.3, 0.4) is 0 Å². The van der Waals surface area contributed by atoms with Crippen LogP contribution in [0.5, 0.6) is 0 Å². The first-order valence-corrected chi connectivity index (χ1v) is 5.73. The van der Waals surface area contributed by atoms with Gasteiger partial charge in [-0.25, -0.2) is 0 Å². The van der Waals surface area contributed by atoms with Crippen molar-refractivity contribution in [2.75, 3.05) is 0 Å². The van der Waals surface area contributed by atoms with E-state index < -0.39 is 6.10 Å². The van der Waals surface area contributed by atoms with Gasteiger partial charge in [-0.05, 0) is 18.1 Å². The van der Waals surface area contributed by atoms with Gasteiger partial charge in [0.1, 0.15) is 0 Å². The number of aryl methyl sites for hydroxylation is 1. The van der Waals surface area contributed by atoms with E-state index in [9.17, 15) is 5.11 Å². The molecule has 0 spiro atoms. The molecule has 1 N–H and O–H groups in total. The normalized spacial score (nSPS) is 12.8. The van der Waals surface area contributed by atoms with Gasteiger partial charge in [0.2, 0.25) is 0 Å². The minimum absolute atomic E-state index is 0.546. The summed E-state index contributed by atoms with van der Waals surface area (Å²) < 4.78 is 0. The predicted molar refractivity (Wildman–Crippen MR) is 71.6 cm³/mol. The first-order valence-electron chi connectivity index (χ1n) is 5.73. The zero-order valence-corrected chi connectivity index (χ0v) is 9.88. The smallest absolute Gasteiger partial charge is 0.0975 e. The van der Waals surface area contributed by atoms with E-state index in [-0.39, 0.29) is 0 Å². The maximum Gasteiger partial charge on any atom is 0.0975 e. The van der Waals surface area contributed by atoms with Gasteiger partial charge in [0, 0.05) is 0 Å². The van der Waals surface area contributed by atoms with Crippen LogP contribution in [0.4, 0.5) is 0 Å². The zero-order valence-electron chi connectivity index (χ0n) is 9.88. The number of aliphatic hydroxyl groups is 1. The van der Waals surface area contributed by atoms with Crippen LogP contribution in [0.2, 0.25) is 0 Å². The van der Waals surface area contributed by atoms with Gasteiger partial charge in [-0.2, -0.15) is 0 Å². The van der Waals surface area contributed by atoms with E-state index in [1.54, 1.807) is 0 Å². The third kappa shape index (κ3) is 3.30. The third-order valence-electron chi connectivity index (χ3n) is 2.65. The van der Waals surface area contributed by atoms with Gasteiger partial charge >= 0.3 is 0 Å². The highest BCUT2D eigenvalue weighted by molar-refractivity contribution is 5.50. The summed E-state index contributed by atoms with van der Waals surface area (Å²) in [6.07, 6.45) is 3.20. The fourth-order valence-electron chi connectivity index (χ4n) is 1.73. The summed E-state index contributed by atoms with van der Waals surface area (Å²) in [7, 11) is 0. The molecule has 1 unspecified atom stereocenters. The van der Waals surface area contributed by atoms with Crippen LogP contribution in [0.1, 0.15) is 22.8 Å². The van der Waals surface area contributed by atoms with E-state index in [0.29, 0.717) is 0 Å². The molecule has 2 rings (SSSR count). The summed E-state index contributed by atoms with van der Waals surface area (Å²) in [6, 6.07) is 17.9. The van der Waals surface area contributed by atoms with Gasteiger partial charge in [0.15, 0.2) is 0 Å². The Morgan fingerprint density at radius 1 is 1.00 bits per heavy atom. The van der Waals surface area contributed by atoms with Crippen molar-refractivity contribution in [3.63, 3.8) is 0 Å². The molecule has 0 saturated carbocycles. The van der Waals surface area contributed by atoms with E-state index in [1.165, 1.54) is 0 Å². The van der Waals surface area contributed by atoms with Gasteiger partial charge in [-0.1, -0.05) is 72.3 Å². The van der Waals surface area contributed by atoms with Gasteiger partial charge in [-0.15, -0.1) is 0 Å². The van der Waals surface area contributed by atoms with Crippen LogP contribution < -0.4 is 0 Å². The summed E-state index contributed by atoms with van der Waals surface area (Å²) in [5.41, 5.74) is 3.19. The lowest BCUT2D eigenvalue weighted by Crippen LogP contribution is -1.92. The van der Waals surface area contributed by atoms with E-state index in [4.69, 9.17) is 0 Å². The first-order chi connectivity index (χ1) is 8.25. The van der Waals surface area contributed by atoms with E-state index >= 15 is 0 Å². The van der Waals surface area contributed by atoms with Crippen molar-refractivity contribution in [1.29, 1.82) is 0 Å². The van der Waals surface area contributed by atoms with Gasteiger partial charge in [0.25, 0.3) is 0 Å². The molecule has 0 amide bonds. The summed E-state index contributed by atoms with van der Waals surface area (Å²) in [5, 5.41) is 10.0. The molecule has 0 aliphatic carbocycles. The molecule has 0 bridgehead atoms. The van der Waals surface area contributed by atoms with Crippen molar-refractivity contribution < 1.29 is 5.11 Å². The second-order valence-electron chi connectivity index (χ2n) is 4.13. The van der Waals surface area contributed by atoms with Crippen LogP contribution in [-0.4, -0.2) is 5.11 Å². The number of aliphatic hydroxyl groups excluding tert-OH is 1. The first kappa shape index (κ1) is 11.6. The monoisotopic (exact) mass is 224 g/mol. The number of rotatable bonds is 3. The molecule has 0 heterocycles. The Kier molecular flexibility index (Phi) is 3.73. The molecule has 2 aromatic carbocycles. The van der Waals surface area contributed by atoms with Crippen LogP contribution in [0.15, 0.2) is 60.7 Å². The highest BCUT2D eigenvalue weighted by atomic mass is 16.3. The highest BCUT2D eigenvalue weighted by Gasteiger charge is 2.02. The Morgan fingerprint density at radius 2 is 1.76 bits per heavy atom. The maximum absolute atomic E-state index is 10.0. The molecular formula is C16H16O. The van der Waals surface area contributed by atoms with Crippen LogP contribution in [-0.2, 0) is 0 Å². The Bertz CT molecular complexity index is 500. The van der Waals surface area contributed by atoms with E-state index in [0.717, 1.165) is 16.7 Å². The molecule has 0 radical (unpaired) electrons. The third-order valence-corrected chi connectivity index (χ3v) is 2.65. The molecule has 86 valence electrons. The molecule has 2 aromatic rings. The molecule has 0 fully saturated rings. The van der Waals surface area contributed by atoms with Gasteiger partial charge in [-0.3, -0.25) is 0 Å². The second kappa shape index (κ2) is 5.46. The van der Waals surface area contributed by atoms with Gasteiger partial charge < -0.3 is 5.11 Å². The van der Waals surface area contributed by atoms with Crippen molar-refractivity contribution in [2.24, 2.45) is 0 Å². The van der Waals surface area contributed by atoms with Crippen molar-refractivity contribution in [2.45, 2.75) is 13.0 Å². The Balaban J connectivity index is 2.12. The molecule has 1 nitrogen and oxygen atoms in total. The molecule has 17 heavy (non-hydrogen) atoms. The Morgan fingerprint density at radius 3 is 2.47 bits per heavy atom. The largest absolute Gasteiger partial charge is 0.384 e. The zero-order chi connectivity index (χ0) is 12.1. The van der Waals surface area contributed by atoms with E-state index in [1.807, 2.05) is 73.7 Å². The number of benzene rings is 2. The fraction of sp³-hybridized carbons (Fsp3) is 0.125. The lowest BCUT2D eigenvalue weighted by molar-refractivity contribution is 0.229. The quantitative estimate of drug-likeness (QED) is 0.842. The lowest BCUT2D eigenvalue weighted by atomic mass is 10.1. The van der Waals surface area contributed by atoms with Crippen molar-refractivity contribution in [3.05, 3.63) is 77.4 Å². The lowest BCUT2D eigenvalue weighted by Gasteiger charge is -2.06. The van der Waals surface area contributed by atoms with Crippen LogP contribution >= 0.6 is 0 Å². The molecule has 1 heteroatoms. The summed E-state index contributed by atoms with van der Waals surface area (Å²) >= 11 is 0. The SMILES string of the molecule is Cc1cccc(C(O)/C=C\c2ccccc2)c1. The highest BCUT2D eigenvalue weighted by Crippen LogP contribution is 2.16. The molecule has 0 aliphatic rings. The molecule has 0 aliphatic heterocycles. The second-order valence-corrected chi connectivity index (χ2v) is 4.13. The Hall–Kier alpha value is -1.86. The summed E-state index contributed by atoms with van der Waals surface area (Å²) in [5.74, 6) is 0. The summed E-state index contributed by atoms with van der Waals surface area (Å²) in [6.45, 7) is 2.02. The molecule has 1 atom stereocenters. The molecular weight excluding hydrogens is 208 g/mol. The van der Waals surface area contributed by atoms with E-state index in [2.05, 4.69) is 0 Å². The number of hydrogen-bond acceptors (Lipinski definition) is 1. The fourth-order valence-corrected chi connectivity index (χ4v) is 1.73. The molecule has 0 aromatic heterocycles. The Labute approximate surface area is 102 Å². The topological polar surface area (TPSA) is 20.2 Å². The maximum atomic E-state index is 10.0. The van der Waals surface area contributed by atoms with Crippen molar-refractivity contribution >= 4 is 6.08 Å². The van der Waals surface area contributed by atoms with Crippen molar-refractivity contribution in [1.82, 2.24) is 0 Å². The minimum atomic E-state index is -0.546. The number of hydrogen-bond donors (Lipinski definition) is 1. The van der Waals surface area contributed by atoms with Crippen molar-refractivity contribution in [3.8, 4) is 0 Å². The minimum Gasteiger partial charge on any atom is -0.384 e. The predicted octanol–water partition coefficient (Wildman–Crippen LogP) is 3.74. The van der Waals surface area contributed by atoms with Gasteiger partial charge in [0.05, 0.1) is 6.10 Å². The van der Waals surface area contributed by atoms with Crippen LogP contribution in [0.25, 0.3) is 6.08 Å². The summed E-state index contributed by atoms with van der Waals surface area (Å²) in [4.78, 5) is 0. The average molecular weight is 224 g/mol.